The van der Waals surface area contributed by atoms with Gasteiger partial charge in [0.25, 0.3) is 5.91 Å². The predicted molar refractivity (Wildman–Crippen MR) is 89.5 cm³/mol. The number of aryl methyl sites for hydroxylation is 2. The Morgan fingerprint density at radius 1 is 1.09 bits per heavy atom. The Morgan fingerprint density at radius 3 is 2.43 bits per heavy atom. The first kappa shape index (κ1) is 16.3. The number of rotatable bonds is 1. The number of amides is 1. The highest BCUT2D eigenvalue weighted by molar-refractivity contribution is 5.92. The summed E-state index contributed by atoms with van der Waals surface area (Å²) in [7, 11) is 4.37. The summed E-state index contributed by atoms with van der Waals surface area (Å²) in [5.74, 6) is 0.710. The van der Waals surface area contributed by atoms with E-state index in [1.165, 1.54) is 0 Å². The summed E-state index contributed by atoms with van der Waals surface area (Å²) in [4.78, 5) is 28.4. The topological polar surface area (TPSA) is 52.6 Å². The van der Waals surface area contributed by atoms with Crippen LogP contribution >= 0.6 is 0 Å². The minimum atomic E-state index is 0.0463. The van der Waals surface area contributed by atoms with Gasteiger partial charge in [-0.15, -0.1) is 0 Å². The van der Waals surface area contributed by atoms with Gasteiger partial charge in [0.1, 0.15) is 11.5 Å². The molecule has 0 saturated carbocycles. The van der Waals surface area contributed by atoms with E-state index in [9.17, 15) is 4.79 Å². The third-order valence-corrected chi connectivity index (χ3v) is 5.39. The average Bonchev–Trinajstić information content (AvgIpc) is 2.51. The van der Waals surface area contributed by atoms with E-state index in [-0.39, 0.29) is 11.4 Å². The van der Waals surface area contributed by atoms with Gasteiger partial charge in [0.15, 0.2) is 0 Å². The summed E-state index contributed by atoms with van der Waals surface area (Å²) in [6.07, 6.45) is 2.23. The maximum absolute atomic E-state index is 12.9. The zero-order chi connectivity index (χ0) is 16.6. The highest BCUT2D eigenvalue weighted by Crippen LogP contribution is 2.31. The molecule has 6 heteroatoms. The maximum atomic E-state index is 12.9. The van der Waals surface area contributed by atoms with E-state index >= 15 is 0 Å². The first-order chi connectivity index (χ1) is 10.9. The van der Waals surface area contributed by atoms with Crippen molar-refractivity contribution < 1.29 is 4.79 Å². The second kappa shape index (κ2) is 6.17. The van der Waals surface area contributed by atoms with Crippen LogP contribution in [0.2, 0.25) is 0 Å². The first-order valence-electron chi connectivity index (χ1n) is 8.41. The summed E-state index contributed by atoms with van der Waals surface area (Å²) in [6.45, 7) is 8.45. The van der Waals surface area contributed by atoms with Crippen LogP contribution < -0.4 is 0 Å². The molecule has 2 saturated heterocycles. The van der Waals surface area contributed by atoms with Gasteiger partial charge in [-0.3, -0.25) is 9.69 Å². The molecule has 1 aromatic rings. The third kappa shape index (κ3) is 3.23. The number of piperidine rings is 1. The average molecular weight is 317 g/mol. The Balaban J connectivity index is 1.79. The van der Waals surface area contributed by atoms with Crippen LogP contribution in [0.5, 0.6) is 0 Å². The van der Waals surface area contributed by atoms with Crippen LogP contribution in [0.25, 0.3) is 0 Å². The van der Waals surface area contributed by atoms with E-state index < -0.39 is 0 Å². The number of likely N-dealkylation sites (tertiary alicyclic amines) is 1. The number of carbonyl (C=O) groups is 1. The van der Waals surface area contributed by atoms with E-state index in [4.69, 9.17) is 0 Å². The number of piperazine rings is 1. The second-order valence-electron chi connectivity index (χ2n) is 7.12. The van der Waals surface area contributed by atoms with Crippen LogP contribution in [0, 0.1) is 13.8 Å². The van der Waals surface area contributed by atoms with Gasteiger partial charge in [-0.25, -0.2) is 9.97 Å². The van der Waals surface area contributed by atoms with Crippen molar-refractivity contribution in [1.82, 2.24) is 24.7 Å². The summed E-state index contributed by atoms with van der Waals surface area (Å²) in [5.41, 5.74) is 1.50. The van der Waals surface area contributed by atoms with Gasteiger partial charge in [0.2, 0.25) is 0 Å². The standard InChI is InChI=1S/C17H27N5O/c1-13-11-15(19-14(2)18-13)16(23)22-10-9-21(4)17(12-22)5-7-20(3)8-6-17/h11H,5-10,12H2,1-4H3. The van der Waals surface area contributed by atoms with E-state index in [1.807, 2.05) is 18.7 Å². The Morgan fingerprint density at radius 2 is 1.78 bits per heavy atom. The smallest absolute Gasteiger partial charge is 0.272 e. The number of nitrogens with zero attached hydrogens (tertiary/aromatic N) is 5. The fraction of sp³-hybridized carbons (Fsp3) is 0.706. The molecule has 3 heterocycles. The van der Waals surface area contributed by atoms with Crippen LogP contribution in [0.4, 0.5) is 0 Å². The molecule has 1 spiro atoms. The largest absolute Gasteiger partial charge is 0.334 e. The van der Waals surface area contributed by atoms with Crippen molar-refractivity contribution >= 4 is 5.91 Å². The Kier molecular flexibility index (Phi) is 4.38. The molecule has 6 nitrogen and oxygen atoms in total. The lowest BCUT2D eigenvalue weighted by molar-refractivity contribution is -0.0172. The van der Waals surface area contributed by atoms with Crippen molar-refractivity contribution in [2.45, 2.75) is 32.2 Å². The van der Waals surface area contributed by atoms with Crippen LogP contribution in [0.15, 0.2) is 6.07 Å². The summed E-state index contributed by atoms with van der Waals surface area (Å²) in [6, 6.07) is 1.80. The fourth-order valence-corrected chi connectivity index (χ4v) is 3.80. The van der Waals surface area contributed by atoms with Gasteiger partial charge >= 0.3 is 0 Å². The van der Waals surface area contributed by atoms with Gasteiger partial charge in [-0.05, 0) is 59.9 Å². The summed E-state index contributed by atoms with van der Waals surface area (Å²) >= 11 is 0. The molecule has 2 fully saturated rings. The fourth-order valence-electron chi connectivity index (χ4n) is 3.80. The van der Waals surface area contributed by atoms with E-state index in [0.29, 0.717) is 11.5 Å². The summed E-state index contributed by atoms with van der Waals surface area (Å²) in [5, 5.41) is 0. The van der Waals surface area contributed by atoms with Crippen molar-refractivity contribution in [3.63, 3.8) is 0 Å². The predicted octanol–water partition coefficient (Wildman–Crippen LogP) is 0.945. The quantitative estimate of drug-likeness (QED) is 0.772. The van der Waals surface area contributed by atoms with Gasteiger partial charge in [-0.2, -0.15) is 0 Å². The number of hydrogen-bond donors (Lipinski definition) is 0. The van der Waals surface area contributed by atoms with Gasteiger partial charge < -0.3 is 9.80 Å². The van der Waals surface area contributed by atoms with Gasteiger partial charge in [0.05, 0.1) is 0 Å². The molecule has 2 aliphatic rings. The molecule has 0 bridgehead atoms. The van der Waals surface area contributed by atoms with Crippen molar-refractivity contribution in [2.24, 2.45) is 0 Å². The molecule has 23 heavy (non-hydrogen) atoms. The SMILES string of the molecule is Cc1cc(C(=O)N2CCN(C)C3(CCN(C)CC3)C2)nc(C)n1. The first-order valence-corrected chi connectivity index (χ1v) is 8.41. The number of carbonyl (C=O) groups excluding carboxylic acids is 1. The molecule has 2 aliphatic heterocycles. The van der Waals surface area contributed by atoms with Crippen molar-refractivity contribution in [1.29, 1.82) is 0 Å². The normalized spacial score (nSPS) is 22.5. The highest BCUT2D eigenvalue weighted by Gasteiger charge is 2.43. The molecule has 3 rings (SSSR count). The monoisotopic (exact) mass is 317 g/mol. The van der Waals surface area contributed by atoms with Crippen molar-refractivity contribution in [3.8, 4) is 0 Å². The van der Waals surface area contributed by atoms with Crippen LogP contribution in [-0.4, -0.2) is 82.9 Å². The molecular formula is C17H27N5O. The zero-order valence-electron chi connectivity index (χ0n) is 14.7. The molecule has 0 unspecified atom stereocenters. The second-order valence-corrected chi connectivity index (χ2v) is 7.12. The minimum absolute atomic E-state index is 0.0463. The molecule has 0 aliphatic carbocycles. The number of hydrogen-bond acceptors (Lipinski definition) is 5. The van der Waals surface area contributed by atoms with Crippen LogP contribution in [-0.2, 0) is 0 Å². The lowest BCUT2D eigenvalue weighted by Crippen LogP contribution is -2.65. The highest BCUT2D eigenvalue weighted by atomic mass is 16.2. The molecule has 1 amide bonds. The molecular weight excluding hydrogens is 290 g/mol. The molecule has 0 radical (unpaired) electrons. The molecule has 126 valence electrons. The van der Waals surface area contributed by atoms with Crippen molar-refractivity contribution in [3.05, 3.63) is 23.3 Å². The lowest BCUT2D eigenvalue weighted by atomic mass is 9.84. The third-order valence-electron chi connectivity index (χ3n) is 5.39. The van der Waals surface area contributed by atoms with Gasteiger partial charge in [-0.1, -0.05) is 0 Å². The lowest BCUT2D eigenvalue weighted by Gasteiger charge is -2.52. The molecule has 1 aromatic heterocycles. The Labute approximate surface area is 138 Å². The number of likely N-dealkylation sites (N-methyl/N-ethyl adjacent to an activating group) is 1. The van der Waals surface area contributed by atoms with E-state index in [2.05, 4.69) is 33.9 Å². The van der Waals surface area contributed by atoms with Crippen molar-refractivity contribution in [2.75, 3.05) is 46.8 Å². The Bertz CT molecular complexity index is 574. The van der Waals surface area contributed by atoms with E-state index in [0.717, 1.165) is 51.3 Å². The Hall–Kier alpha value is -1.53. The maximum Gasteiger partial charge on any atom is 0.272 e. The summed E-state index contributed by atoms with van der Waals surface area (Å²) < 4.78 is 0. The number of aromatic nitrogens is 2. The molecule has 0 aromatic carbocycles. The minimum Gasteiger partial charge on any atom is -0.334 e. The zero-order valence-corrected chi connectivity index (χ0v) is 14.7. The molecule has 0 N–H and O–H groups in total. The molecule has 0 atom stereocenters. The van der Waals surface area contributed by atoms with Crippen LogP contribution in [0.3, 0.4) is 0 Å². The van der Waals surface area contributed by atoms with Gasteiger partial charge in [0, 0.05) is 30.9 Å². The van der Waals surface area contributed by atoms with E-state index in [1.54, 1.807) is 6.07 Å². The van der Waals surface area contributed by atoms with Crippen LogP contribution in [0.1, 0.15) is 34.8 Å².